The first-order chi connectivity index (χ1) is 8.78. The second kappa shape index (κ2) is 6.39. The van der Waals surface area contributed by atoms with Gasteiger partial charge in [0.25, 0.3) is 0 Å². The average molecular weight is 350 g/mol. The number of ketones is 1. The first-order valence-electron chi connectivity index (χ1n) is 5.48. The summed E-state index contributed by atoms with van der Waals surface area (Å²) in [5.41, 5.74) is -1.28. The van der Waals surface area contributed by atoms with Crippen LogP contribution in [0.5, 0.6) is 5.75 Å². The monoisotopic (exact) mass is 348 g/mol. The summed E-state index contributed by atoms with van der Waals surface area (Å²) in [6.07, 6.45) is 0. The van der Waals surface area contributed by atoms with Gasteiger partial charge in [0, 0.05) is 5.02 Å². The van der Waals surface area contributed by atoms with E-state index < -0.39 is 22.2 Å². The Morgan fingerprint density at radius 1 is 1.26 bits per heavy atom. The molecule has 6 heteroatoms. The molecule has 1 unspecified atom stereocenters. The van der Waals surface area contributed by atoms with Crippen LogP contribution in [0.4, 0.5) is 0 Å². The third-order valence-electron chi connectivity index (χ3n) is 2.57. The smallest absolute Gasteiger partial charge is 0.318 e. The minimum atomic E-state index is -1.28. The van der Waals surface area contributed by atoms with E-state index in [1.165, 1.54) is 21.0 Å². The molecular formula is C13H14BrClO4. The number of Topliss-reactive ketones (excluding diaryl/α,β-unsaturated/α-hetero) is 1. The first kappa shape index (κ1) is 16.0. The fourth-order valence-electron chi connectivity index (χ4n) is 1.33. The Labute approximate surface area is 125 Å². The lowest BCUT2D eigenvalue weighted by molar-refractivity contribution is -0.156. The zero-order chi connectivity index (χ0) is 14.6. The van der Waals surface area contributed by atoms with Crippen LogP contribution in [0.2, 0.25) is 5.02 Å². The molecule has 1 aromatic rings. The molecule has 0 aliphatic carbocycles. The molecule has 0 spiro atoms. The van der Waals surface area contributed by atoms with Gasteiger partial charge in [0.2, 0.25) is 10.8 Å². The zero-order valence-electron chi connectivity index (χ0n) is 10.8. The number of alkyl halides is 1. The molecule has 104 valence electrons. The normalized spacial score (nSPS) is 12.7. The maximum atomic E-state index is 12.1. The predicted octanol–water partition coefficient (Wildman–Crippen LogP) is 3.21. The van der Waals surface area contributed by atoms with Crippen molar-refractivity contribution in [3.63, 3.8) is 0 Å². The molecule has 0 bridgehead atoms. The van der Waals surface area contributed by atoms with E-state index in [1.54, 1.807) is 24.3 Å². The molecule has 0 saturated heterocycles. The van der Waals surface area contributed by atoms with Crippen LogP contribution in [-0.4, -0.2) is 23.9 Å². The van der Waals surface area contributed by atoms with Crippen LogP contribution in [0, 0.1) is 5.41 Å². The molecule has 0 N–H and O–H groups in total. The van der Waals surface area contributed by atoms with Crippen molar-refractivity contribution in [3.05, 3.63) is 29.3 Å². The average Bonchev–Trinajstić information content (AvgIpc) is 2.39. The summed E-state index contributed by atoms with van der Waals surface area (Å²) < 4.78 is 10.0. The van der Waals surface area contributed by atoms with E-state index in [2.05, 4.69) is 20.7 Å². The Kier molecular flexibility index (Phi) is 5.38. The van der Waals surface area contributed by atoms with Crippen molar-refractivity contribution in [2.75, 3.05) is 7.11 Å². The number of ether oxygens (including phenoxy) is 2. The maximum absolute atomic E-state index is 12.1. The van der Waals surface area contributed by atoms with Crippen LogP contribution in [0.25, 0.3) is 0 Å². The summed E-state index contributed by atoms with van der Waals surface area (Å²) in [6.45, 7) is 2.97. The van der Waals surface area contributed by atoms with Crippen LogP contribution in [0.3, 0.4) is 0 Å². The number of hydrogen-bond acceptors (Lipinski definition) is 4. The van der Waals surface area contributed by atoms with Gasteiger partial charge in [-0.15, -0.1) is 0 Å². The predicted molar refractivity (Wildman–Crippen MR) is 75.6 cm³/mol. The van der Waals surface area contributed by atoms with E-state index in [0.717, 1.165) is 0 Å². The van der Waals surface area contributed by atoms with Gasteiger partial charge in [0.15, 0.2) is 0 Å². The number of esters is 1. The Hall–Kier alpha value is -1.07. The summed E-state index contributed by atoms with van der Waals surface area (Å²) in [7, 11) is 1.24. The number of carbonyl (C=O) groups is 2. The second-order valence-electron chi connectivity index (χ2n) is 4.37. The van der Waals surface area contributed by atoms with Crippen LogP contribution < -0.4 is 4.74 Å². The molecule has 0 heterocycles. The first-order valence-corrected chi connectivity index (χ1v) is 6.77. The summed E-state index contributed by atoms with van der Waals surface area (Å²) in [5.74, 6) is -0.559. The highest BCUT2D eigenvalue weighted by atomic mass is 79.9. The van der Waals surface area contributed by atoms with Gasteiger partial charge in [-0.05, 0) is 54.0 Å². The second-order valence-corrected chi connectivity index (χ2v) is 5.64. The van der Waals surface area contributed by atoms with Gasteiger partial charge in [-0.1, -0.05) is 11.6 Å². The zero-order valence-corrected chi connectivity index (χ0v) is 13.1. The minimum Gasteiger partial charge on any atom is -0.471 e. The molecule has 1 rings (SSSR count). The summed E-state index contributed by atoms with van der Waals surface area (Å²) in [5, 5.41) is -0.373. The molecule has 19 heavy (non-hydrogen) atoms. The summed E-state index contributed by atoms with van der Waals surface area (Å²) in [4.78, 5) is 23.7. The fourth-order valence-corrected chi connectivity index (χ4v) is 2.24. The van der Waals surface area contributed by atoms with Gasteiger partial charge in [0.05, 0.1) is 7.11 Å². The van der Waals surface area contributed by atoms with Crippen molar-refractivity contribution in [1.82, 2.24) is 0 Å². The highest BCUT2D eigenvalue weighted by Crippen LogP contribution is 2.26. The molecular weight excluding hydrogens is 335 g/mol. The molecule has 1 atom stereocenters. The maximum Gasteiger partial charge on any atom is 0.318 e. The number of methoxy groups -OCH3 is 1. The van der Waals surface area contributed by atoms with Crippen molar-refractivity contribution in [1.29, 1.82) is 0 Å². The van der Waals surface area contributed by atoms with Crippen LogP contribution >= 0.6 is 27.5 Å². The third kappa shape index (κ3) is 3.94. The lowest BCUT2D eigenvalue weighted by Crippen LogP contribution is -2.41. The number of benzene rings is 1. The van der Waals surface area contributed by atoms with Gasteiger partial charge in [-0.2, -0.15) is 0 Å². The number of carbonyl (C=O) groups excluding carboxylic acids is 2. The van der Waals surface area contributed by atoms with Crippen molar-refractivity contribution in [3.8, 4) is 5.75 Å². The van der Waals surface area contributed by atoms with Crippen molar-refractivity contribution in [2.45, 2.75) is 18.9 Å². The van der Waals surface area contributed by atoms with E-state index in [0.29, 0.717) is 10.8 Å². The number of halogens is 2. The largest absolute Gasteiger partial charge is 0.471 e. The quantitative estimate of drug-likeness (QED) is 0.465. The summed E-state index contributed by atoms with van der Waals surface area (Å²) in [6, 6.07) is 6.56. The van der Waals surface area contributed by atoms with E-state index in [1.807, 2.05) is 0 Å². The Bertz CT molecular complexity index is 470. The van der Waals surface area contributed by atoms with Crippen molar-refractivity contribution in [2.24, 2.45) is 5.41 Å². The van der Waals surface area contributed by atoms with E-state index in [9.17, 15) is 9.59 Å². The van der Waals surface area contributed by atoms with Crippen LogP contribution in [-0.2, 0) is 14.3 Å². The Morgan fingerprint density at radius 3 is 2.26 bits per heavy atom. The molecule has 0 amide bonds. The Balaban J connectivity index is 2.77. The molecule has 0 fully saturated rings. The van der Waals surface area contributed by atoms with E-state index in [4.69, 9.17) is 16.3 Å². The molecule has 0 aliphatic rings. The summed E-state index contributed by atoms with van der Waals surface area (Å²) >= 11 is 8.87. The number of rotatable bonds is 5. The molecule has 0 aromatic heterocycles. The molecule has 0 aliphatic heterocycles. The third-order valence-corrected chi connectivity index (χ3v) is 3.43. The van der Waals surface area contributed by atoms with Crippen molar-refractivity contribution < 1.29 is 19.1 Å². The minimum absolute atomic E-state index is 0.422. The van der Waals surface area contributed by atoms with Crippen LogP contribution in [0.1, 0.15) is 13.8 Å². The highest BCUT2D eigenvalue weighted by molar-refractivity contribution is 9.09. The van der Waals surface area contributed by atoms with E-state index >= 15 is 0 Å². The highest BCUT2D eigenvalue weighted by Gasteiger charge is 2.41. The lowest BCUT2D eigenvalue weighted by Gasteiger charge is -2.23. The van der Waals surface area contributed by atoms with Gasteiger partial charge in [-0.25, -0.2) is 0 Å². The van der Waals surface area contributed by atoms with E-state index in [-0.39, 0.29) is 0 Å². The molecule has 1 aromatic carbocycles. The van der Waals surface area contributed by atoms with Crippen molar-refractivity contribution >= 4 is 39.3 Å². The van der Waals surface area contributed by atoms with Gasteiger partial charge >= 0.3 is 5.97 Å². The Morgan fingerprint density at radius 2 is 1.79 bits per heavy atom. The fraction of sp³-hybridized carbons (Fsp3) is 0.385. The van der Waals surface area contributed by atoms with Gasteiger partial charge in [0.1, 0.15) is 11.2 Å². The molecule has 0 radical (unpaired) electrons. The topological polar surface area (TPSA) is 52.6 Å². The SMILES string of the molecule is COC(=O)C(C)(C)C(=O)C(Br)Oc1ccc(Cl)cc1. The standard InChI is InChI=1S/C13H14BrClO4/c1-13(2,12(17)18-3)10(16)11(14)19-9-6-4-8(15)5-7-9/h4-7,11H,1-3H3. The van der Waals surface area contributed by atoms with Gasteiger partial charge in [-0.3, -0.25) is 9.59 Å². The van der Waals surface area contributed by atoms with Crippen LogP contribution in [0.15, 0.2) is 24.3 Å². The molecule has 0 saturated carbocycles. The lowest BCUT2D eigenvalue weighted by atomic mass is 9.88. The molecule has 4 nitrogen and oxygen atoms in total. The number of hydrogen-bond donors (Lipinski definition) is 0. The van der Waals surface area contributed by atoms with Gasteiger partial charge < -0.3 is 9.47 Å².